The number of hydrogen-bond donors (Lipinski definition) is 1. The Morgan fingerprint density at radius 2 is 2.14 bits per heavy atom. The molecule has 3 aromatic rings. The Hall–Kier alpha value is -1.78. The van der Waals surface area contributed by atoms with Gasteiger partial charge in [0.2, 0.25) is 0 Å². The van der Waals surface area contributed by atoms with Gasteiger partial charge in [-0.2, -0.15) is 0 Å². The Balaban J connectivity index is 1.73. The molecule has 0 radical (unpaired) electrons. The van der Waals surface area contributed by atoms with Gasteiger partial charge in [-0.15, -0.1) is 11.8 Å². The van der Waals surface area contributed by atoms with E-state index in [1.807, 2.05) is 36.3 Å². The lowest BCUT2D eigenvalue weighted by molar-refractivity contribution is 0.283. The first-order valence-electron chi connectivity index (χ1n) is 7.12. The highest BCUT2D eigenvalue weighted by molar-refractivity contribution is 7.99. The monoisotopic (exact) mass is 296 g/mol. The van der Waals surface area contributed by atoms with Gasteiger partial charge < -0.3 is 9.67 Å². The number of rotatable bonds is 3. The molecular formula is C17H16N2OS. The summed E-state index contributed by atoms with van der Waals surface area (Å²) in [6.45, 7) is 0.975. The molecule has 0 fully saturated rings. The zero-order valence-electron chi connectivity index (χ0n) is 11.6. The molecule has 1 aromatic carbocycles. The van der Waals surface area contributed by atoms with E-state index in [4.69, 9.17) is 0 Å². The second-order valence-electron chi connectivity index (χ2n) is 5.39. The summed E-state index contributed by atoms with van der Waals surface area (Å²) in [7, 11) is 0. The van der Waals surface area contributed by atoms with Gasteiger partial charge >= 0.3 is 0 Å². The van der Waals surface area contributed by atoms with Crippen LogP contribution >= 0.6 is 11.8 Å². The molecule has 0 amide bonds. The maximum atomic E-state index is 9.52. The third-order valence-corrected chi connectivity index (χ3v) is 5.35. The number of fused-ring (bicyclic) bond motifs is 2. The maximum Gasteiger partial charge on any atom is 0.140 e. The number of benzene rings is 1. The molecular weight excluding hydrogens is 280 g/mol. The van der Waals surface area contributed by atoms with Gasteiger partial charge in [0.15, 0.2) is 0 Å². The Bertz CT molecular complexity index is 796. The van der Waals surface area contributed by atoms with Crippen LogP contribution in [0.2, 0.25) is 0 Å². The van der Waals surface area contributed by atoms with E-state index >= 15 is 0 Å². The highest BCUT2D eigenvalue weighted by Crippen LogP contribution is 2.40. The summed E-state index contributed by atoms with van der Waals surface area (Å²) < 4.78 is 2.19. The van der Waals surface area contributed by atoms with Crippen molar-refractivity contribution in [1.82, 2.24) is 9.55 Å². The fraction of sp³-hybridized carbons (Fsp3) is 0.235. The summed E-state index contributed by atoms with van der Waals surface area (Å²) in [4.78, 5) is 5.89. The van der Waals surface area contributed by atoms with E-state index < -0.39 is 0 Å². The molecule has 4 heteroatoms. The van der Waals surface area contributed by atoms with Crippen molar-refractivity contribution < 1.29 is 5.11 Å². The van der Waals surface area contributed by atoms with E-state index in [1.54, 1.807) is 0 Å². The number of hydrogen-bond acceptors (Lipinski definition) is 3. The fourth-order valence-electron chi connectivity index (χ4n) is 3.08. The van der Waals surface area contributed by atoms with E-state index in [-0.39, 0.29) is 6.61 Å². The third-order valence-electron chi connectivity index (χ3n) is 4.10. The van der Waals surface area contributed by atoms with Crippen molar-refractivity contribution in [2.24, 2.45) is 0 Å². The van der Waals surface area contributed by atoms with Crippen LogP contribution in [0.4, 0.5) is 0 Å². The molecule has 0 saturated heterocycles. The highest BCUT2D eigenvalue weighted by atomic mass is 32.2. The lowest BCUT2D eigenvalue weighted by Crippen LogP contribution is -2.08. The average molecular weight is 296 g/mol. The van der Waals surface area contributed by atoms with Crippen LogP contribution in [0.3, 0.4) is 0 Å². The number of aliphatic hydroxyl groups excluding tert-OH is 1. The van der Waals surface area contributed by atoms with Crippen molar-refractivity contribution in [3.8, 4) is 0 Å². The quantitative estimate of drug-likeness (QED) is 0.805. The second-order valence-corrected chi connectivity index (χ2v) is 6.45. The van der Waals surface area contributed by atoms with Crippen LogP contribution in [0.25, 0.3) is 11.0 Å². The van der Waals surface area contributed by atoms with Crippen LogP contribution < -0.4 is 0 Å². The van der Waals surface area contributed by atoms with Crippen LogP contribution in [0.1, 0.15) is 17.0 Å². The molecule has 1 unspecified atom stereocenters. The smallest absolute Gasteiger partial charge is 0.140 e. The first kappa shape index (κ1) is 12.9. The number of aromatic nitrogens is 2. The minimum atomic E-state index is 0.0607. The molecule has 3 heterocycles. The molecule has 0 aliphatic carbocycles. The zero-order valence-corrected chi connectivity index (χ0v) is 12.4. The largest absolute Gasteiger partial charge is 0.392 e. The minimum Gasteiger partial charge on any atom is -0.392 e. The maximum absolute atomic E-state index is 9.52. The molecule has 2 aromatic heterocycles. The Kier molecular flexibility index (Phi) is 3.20. The molecule has 1 aliphatic heterocycles. The molecule has 0 bridgehead atoms. The van der Waals surface area contributed by atoms with Gasteiger partial charge in [0, 0.05) is 46.5 Å². The van der Waals surface area contributed by atoms with Crippen molar-refractivity contribution in [2.75, 3.05) is 5.75 Å². The van der Waals surface area contributed by atoms with Gasteiger partial charge in [-0.3, -0.25) is 0 Å². The first-order valence-corrected chi connectivity index (χ1v) is 8.10. The van der Waals surface area contributed by atoms with Crippen LogP contribution in [0.15, 0.2) is 53.7 Å². The van der Waals surface area contributed by atoms with E-state index in [0.717, 1.165) is 28.9 Å². The van der Waals surface area contributed by atoms with Crippen molar-refractivity contribution in [3.63, 3.8) is 0 Å². The van der Waals surface area contributed by atoms with Crippen molar-refractivity contribution in [3.05, 3.63) is 59.9 Å². The van der Waals surface area contributed by atoms with E-state index in [1.165, 1.54) is 10.5 Å². The standard InChI is InChI=1S/C17H16N2OS/c20-10-12-8-19(17-15(12)5-3-7-18-17)9-13-11-21-16-6-2-1-4-14(13)16/h1-8,13,20H,9-11H2. The average Bonchev–Trinajstić information content (AvgIpc) is 3.10. The van der Waals surface area contributed by atoms with Gasteiger partial charge in [0.05, 0.1) is 6.61 Å². The van der Waals surface area contributed by atoms with Gasteiger partial charge in [-0.25, -0.2) is 4.98 Å². The van der Waals surface area contributed by atoms with Crippen LogP contribution in [0.5, 0.6) is 0 Å². The van der Waals surface area contributed by atoms with Gasteiger partial charge in [0.25, 0.3) is 0 Å². The summed E-state index contributed by atoms with van der Waals surface area (Å²) >= 11 is 1.93. The SMILES string of the molecule is OCc1cn(CC2CSc3ccccc32)c2ncccc12. The lowest BCUT2D eigenvalue weighted by atomic mass is 10.0. The summed E-state index contributed by atoms with van der Waals surface area (Å²) in [6, 6.07) is 12.6. The minimum absolute atomic E-state index is 0.0607. The number of aliphatic hydroxyl groups is 1. The molecule has 106 valence electrons. The molecule has 0 saturated carbocycles. The predicted molar refractivity (Wildman–Crippen MR) is 85.6 cm³/mol. The van der Waals surface area contributed by atoms with E-state index in [0.29, 0.717) is 5.92 Å². The summed E-state index contributed by atoms with van der Waals surface area (Å²) in [6.07, 6.45) is 3.86. The van der Waals surface area contributed by atoms with E-state index in [2.05, 4.69) is 33.8 Å². The lowest BCUT2D eigenvalue weighted by Gasteiger charge is -2.12. The molecule has 4 rings (SSSR count). The summed E-state index contributed by atoms with van der Waals surface area (Å²) in [5.74, 6) is 1.62. The number of thioether (sulfide) groups is 1. The van der Waals surface area contributed by atoms with Crippen molar-refractivity contribution in [1.29, 1.82) is 0 Å². The molecule has 3 nitrogen and oxygen atoms in total. The molecule has 1 N–H and O–H groups in total. The second kappa shape index (κ2) is 5.20. The van der Waals surface area contributed by atoms with Crippen LogP contribution in [0, 0.1) is 0 Å². The molecule has 1 atom stereocenters. The van der Waals surface area contributed by atoms with Crippen LogP contribution in [-0.4, -0.2) is 20.4 Å². The topological polar surface area (TPSA) is 38.0 Å². The van der Waals surface area contributed by atoms with Gasteiger partial charge in [-0.05, 0) is 23.8 Å². The van der Waals surface area contributed by atoms with Crippen LogP contribution in [-0.2, 0) is 13.2 Å². The van der Waals surface area contributed by atoms with Gasteiger partial charge in [-0.1, -0.05) is 18.2 Å². The summed E-state index contributed by atoms with van der Waals surface area (Å²) in [5.41, 5.74) is 3.36. The van der Waals surface area contributed by atoms with Crippen molar-refractivity contribution >= 4 is 22.8 Å². The van der Waals surface area contributed by atoms with Gasteiger partial charge in [0.1, 0.15) is 5.65 Å². The Morgan fingerprint density at radius 1 is 1.24 bits per heavy atom. The number of nitrogens with zero attached hydrogens (tertiary/aromatic N) is 2. The number of pyridine rings is 1. The normalized spacial score (nSPS) is 17.3. The molecule has 1 aliphatic rings. The Labute approximate surface area is 127 Å². The van der Waals surface area contributed by atoms with Crippen molar-refractivity contribution in [2.45, 2.75) is 24.0 Å². The first-order chi connectivity index (χ1) is 10.4. The predicted octanol–water partition coefficient (Wildman–Crippen LogP) is 3.42. The molecule has 21 heavy (non-hydrogen) atoms. The zero-order chi connectivity index (χ0) is 14.2. The fourth-order valence-corrected chi connectivity index (χ4v) is 4.32. The third kappa shape index (κ3) is 2.15. The summed E-state index contributed by atoms with van der Waals surface area (Å²) in [5, 5.41) is 10.6. The molecule has 0 spiro atoms. The van der Waals surface area contributed by atoms with E-state index in [9.17, 15) is 5.11 Å². The Morgan fingerprint density at radius 3 is 3.05 bits per heavy atom. The highest BCUT2D eigenvalue weighted by Gasteiger charge is 2.23.